The Labute approximate surface area is 375 Å². The van der Waals surface area contributed by atoms with Crippen molar-refractivity contribution >= 4 is 20.3 Å². The maximum atomic E-state index is 13.3. The first-order valence-electron chi connectivity index (χ1n) is 22.7. The van der Waals surface area contributed by atoms with Crippen LogP contribution >= 0.6 is 0 Å². The number of hydrogen-bond donors (Lipinski definition) is 1. The van der Waals surface area contributed by atoms with Gasteiger partial charge < -0.3 is 57.1 Å². The molecule has 0 aromatic rings. The number of cyclic esters (lactones) is 1. The third kappa shape index (κ3) is 14.9. The smallest absolute Gasteiger partial charge is 0.308 e. The number of hydrogen-bond acceptors (Lipinski definition) is 14. The highest BCUT2D eigenvalue weighted by Crippen LogP contribution is 2.44. The van der Waals surface area contributed by atoms with Gasteiger partial charge in [0.15, 0.2) is 33.3 Å². The lowest BCUT2D eigenvalue weighted by molar-refractivity contribution is -0.340. The number of methoxy groups -OCH3 is 3. The molecule has 3 rings (SSSR count). The third-order valence-corrected chi connectivity index (χ3v) is 18.4. The number of nitrogens with zero attached hydrogens (tertiary/aromatic N) is 1. The Balaban J connectivity index is 2.21. The predicted octanol–water partition coefficient (Wildman–Crippen LogP) is 7.42. The van der Waals surface area contributed by atoms with Gasteiger partial charge in [0.1, 0.15) is 18.3 Å². The van der Waals surface area contributed by atoms with Crippen molar-refractivity contribution in [2.45, 2.75) is 206 Å². The molecule has 3 heterocycles. The van der Waals surface area contributed by atoms with Crippen molar-refractivity contribution in [2.75, 3.05) is 35.4 Å². The highest BCUT2D eigenvalue weighted by Gasteiger charge is 2.53. The van der Waals surface area contributed by atoms with Crippen molar-refractivity contribution in [3.8, 4) is 0 Å². The Morgan fingerprint density at radius 2 is 1.60 bits per heavy atom. The molecule has 0 saturated carbocycles. The van der Waals surface area contributed by atoms with E-state index >= 15 is 0 Å². The minimum absolute atomic E-state index is 0.0376. The largest absolute Gasteiger partial charge is 0.462 e. The van der Waals surface area contributed by atoms with Crippen molar-refractivity contribution in [1.82, 2.24) is 4.90 Å². The number of likely N-dealkylation sites (N-methyl/N-ethyl adjacent to an activating group) is 1. The first-order chi connectivity index (χ1) is 28.8. The summed E-state index contributed by atoms with van der Waals surface area (Å²) < 4.78 is 63.9. The van der Waals surface area contributed by atoms with E-state index in [1.807, 2.05) is 51.1 Å². The predicted molar refractivity (Wildman–Crippen MR) is 241 cm³/mol. The Bertz CT molecular complexity index is 1450. The number of aliphatic hydroxyl groups excluding tert-OH is 1. The zero-order chi connectivity index (χ0) is 46.9. The summed E-state index contributed by atoms with van der Waals surface area (Å²) in [7, 11) is 6.14. The Kier molecular flexibility index (Phi) is 20.8. The quantitative estimate of drug-likeness (QED) is 0.111. The summed E-state index contributed by atoms with van der Waals surface area (Å²) >= 11 is 0. The lowest BCUT2D eigenvalue weighted by atomic mass is 9.73. The topological polar surface area (TPSA) is 150 Å². The van der Waals surface area contributed by atoms with Gasteiger partial charge in [-0.3, -0.25) is 9.59 Å². The van der Waals surface area contributed by atoms with Gasteiger partial charge in [0.2, 0.25) is 0 Å². The van der Waals surface area contributed by atoms with Crippen LogP contribution < -0.4 is 0 Å². The zero-order valence-corrected chi connectivity index (χ0v) is 42.4. The summed E-state index contributed by atoms with van der Waals surface area (Å²) in [6.45, 7) is 27.1. The fourth-order valence-corrected chi connectivity index (χ4v) is 10.1. The molecule has 3 unspecified atom stereocenters. The summed E-state index contributed by atoms with van der Waals surface area (Å²) in [6.07, 6.45) is 0.879. The molecule has 15 atom stereocenters. The molecule has 62 heavy (non-hydrogen) atoms. The number of carbonyl (C=O) groups is 2. The molecule has 0 spiro atoms. The molecule has 360 valence electrons. The van der Waals surface area contributed by atoms with Crippen molar-refractivity contribution in [2.24, 2.45) is 23.2 Å². The van der Waals surface area contributed by atoms with E-state index in [0.29, 0.717) is 31.6 Å². The monoisotopic (exact) mass is 900 g/mol. The molecule has 3 aliphatic rings. The molecule has 15 heteroatoms. The highest BCUT2D eigenvalue weighted by atomic mass is 28.4. The maximum absolute atomic E-state index is 13.3. The molecular weight excluding hydrogens is 815 g/mol. The van der Waals surface area contributed by atoms with Gasteiger partial charge in [-0.1, -0.05) is 72.8 Å². The van der Waals surface area contributed by atoms with Crippen LogP contribution in [0.3, 0.4) is 0 Å². The fourth-order valence-electron chi connectivity index (χ4n) is 8.73. The summed E-state index contributed by atoms with van der Waals surface area (Å²) in [6, 6.07) is -0.550. The van der Waals surface area contributed by atoms with Crippen LogP contribution in [0.2, 0.25) is 18.1 Å². The first kappa shape index (κ1) is 54.6. The Morgan fingerprint density at radius 1 is 0.952 bits per heavy atom. The average Bonchev–Trinajstić information content (AvgIpc) is 3.14. The molecule has 2 saturated heterocycles. The lowest BCUT2D eigenvalue weighted by Crippen LogP contribution is -2.66. The number of carbonyl (C=O) groups excluding carboxylic acids is 2. The van der Waals surface area contributed by atoms with Gasteiger partial charge >= 0.3 is 11.9 Å². The van der Waals surface area contributed by atoms with Crippen molar-refractivity contribution < 1.29 is 61.8 Å². The lowest BCUT2D eigenvalue weighted by Gasteiger charge is -2.51. The summed E-state index contributed by atoms with van der Waals surface area (Å²) in [5.41, 5.74) is -0.0457. The van der Waals surface area contributed by atoms with Gasteiger partial charge in [-0.15, -0.1) is 0 Å². The van der Waals surface area contributed by atoms with Crippen LogP contribution in [0.15, 0.2) is 24.3 Å². The molecule has 14 nitrogen and oxygen atoms in total. The molecule has 2 fully saturated rings. The molecule has 0 amide bonds. The molecule has 0 aliphatic carbocycles. The molecule has 0 bridgehead atoms. The van der Waals surface area contributed by atoms with Gasteiger partial charge in [-0.25, -0.2) is 0 Å². The summed E-state index contributed by atoms with van der Waals surface area (Å²) in [5, 5.41) is 11.9. The van der Waals surface area contributed by atoms with Crippen molar-refractivity contribution in [1.29, 1.82) is 0 Å². The van der Waals surface area contributed by atoms with E-state index < -0.39 is 93.8 Å². The molecule has 0 aromatic heterocycles. The van der Waals surface area contributed by atoms with Crippen LogP contribution in [0.25, 0.3) is 0 Å². The molecule has 3 aliphatic heterocycles. The van der Waals surface area contributed by atoms with Gasteiger partial charge in [0, 0.05) is 47.5 Å². The van der Waals surface area contributed by atoms with E-state index in [2.05, 4.69) is 74.6 Å². The van der Waals surface area contributed by atoms with Gasteiger partial charge in [-0.05, 0) is 82.6 Å². The highest BCUT2D eigenvalue weighted by molar-refractivity contribution is 6.74. The molecule has 1 N–H and O–H groups in total. The molecule has 0 radical (unpaired) electrons. The minimum Gasteiger partial charge on any atom is -0.462 e. The normalized spacial score (nSPS) is 38.1. The average molecular weight is 900 g/mol. The van der Waals surface area contributed by atoms with Crippen LogP contribution in [0.4, 0.5) is 0 Å². The second-order valence-electron chi connectivity index (χ2n) is 20.5. The Morgan fingerprint density at radius 3 is 2.15 bits per heavy atom. The second-order valence-corrected chi connectivity index (χ2v) is 25.2. The minimum atomic E-state index is -2.29. The van der Waals surface area contributed by atoms with Gasteiger partial charge in [0.25, 0.3) is 0 Å². The SMILES string of the molecule is COC(C[C@H]1C[C@@H](C)[C@H](O[Si](C)(C)C(C)(C)C)/C=C/C=C/C[C@@H](C)OC(=O)C[C@@H](O)[C@H](OC)[C@H]1O[C@@H]1O[C@H](C)[C@@H](O[C@H]2CC(C)(C)[C@@H](C)C(C)O2)C(N(C)C)C1OC(C)=O)OC. The number of allylic oxidation sites excluding steroid dienone is 2. The van der Waals surface area contributed by atoms with E-state index in [0.717, 1.165) is 0 Å². The summed E-state index contributed by atoms with van der Waals surface area (Å²) in [5.74, 6) is -1.35. The number of ether oxygens (including phenoxy) is 9. The molecular formula is C47H85NO13Si. The van der Waals surface area contributed by atoms with Gasteiger partial charge in [-0.2, -0.15) is 0 Å². The molecule has 0 aromatic carbocycles. The van der Waals surface area contributed by atoms with E-state index in [-0.39, 0.29) is 35.0 Å². The van der Waals surface area contributed by atoms with Crippen LogP contribution in [0.5, 0.6) is 0 Å². The number of esters is 2. The van der Waals surface area contributed by atoms with Gasteiger partial charge in [0.05, 0.1) is 43.0 Å². The van der Waals surface area contributed by atoms with E-state index in [4.69, 9.17) is 47.1 Å². The fraction of sp³-hybridized carbons (Fsp3) is 0.872. The van der Waals surface area contributed by atoms with Crippen LogP contribution in [-0.4, -0.2) is 146 Å². The maximum Gasteiger partial charge on any atom is 0.308 e. The van der Waals surface area contributed by atoms with Crippen LogP contribution in [-0.2, 0) is 56.6 Å². The van der Waals surface area contributed by atoms with Crippen LogP contribution in [0, 0.1) is 23.2 Å². The standard InChI is InChI=1S/C47H85NO13Si/c1-28-24-34(25-38(52-14)53-15)42(43(54-16)35(50)26-37(51)55-29(2)22-20-19-21-23-36(28)61-62(17,18)46(7,8)9)60-45-44(58-33(6)49)40(48(12)13)41(32(5)57-45)59-39-27-47(10,11)30(3)31(4)56-39/h19-21,23,28-32,34-36,38-45,50H,22,24-27H2,1-18H3/b20-19+,23-21+/t28-,29-,30+,31?,32-,34-,35-,36-,39+,40?,41-,42+,43+,44?,45+/m1/s1. The van der Waals surface area contributed by atoms with Crippen molar-refractivity contribution in [3.63, 3.8) is 0 Å². The van der Waals surface area contributed by atoms with Crippen molar-refractivity contribution in [3.05, 3.63) is 24.3 Å². The second kappa shape index (κ2) is 23.6. The third-order valence-electron chi connectivity index (χ3n) is 13.9. The van der Waals surface area contributed by atoms with E-state index in [1.54, 1.807) is 14.2 Å². The number of aliphatic hydroxyl groups is 1. The number of rotatable bonds is 13. The summed E-state index contributed by atoms with van der Waals surface area (Å²) in [4.78, 5) is 28.3. The van der Waals surface area contributed by atoms with E-state index in [9.17, 15) is 14.7 Å². The zero-order valence-electron chi connectivity index (χ0n) is 41.4. The Hall–Kier alpha value is -1.76. The first-order valence-corrected chi connectivity index (χ1v) is 25.6. The van der Waals surface area contributed by atoms with E-state index in [1.165, 1.54) is 14.0 Å². The van der Waals surface area contributed by atoms with Crippen LogP contribution in [0.1, 0.15) is 108 Å².